The van der Waals surface area contributed by atoms with E-state index in [1.165, 1.54) is 15.8 Å². The molecule has 0 radical (unpaired) electrons. The molecule has 4 heteroatoms. The first-order valence-corrected chi connectivity index (χ1v) is 8.11. The summed E-state index contributed by atoms with van der Waals surface area (Å²) in [7, 11) is 0. The zero-order valence-electron chi connectivity index (χ0n) is 11.8. The Labute approximate surface area is 133 Å². The molecule has 2 aromatic carbocycles. The Morgan fingerprint density at radius 1 is 1.19 bits per heavy atom. The van der Waals surface area contributed by atoms with Crippen LogP contribution in [-0.4, -0.2) is 11.0 Å². The lowest BCUT2D eigenvalue weighted by atomic mass is 10.1. The van der Waals surface area contributed by atoms with Crippen LogP contribution in [0.15, 0.2) is 58.5 Å². The van der Waals surface area contributed by atoms with Gasteiger partial charge in [-0.15, -0.1) is 0 Å². The molecular weight excluding hydrogens is 300 g/mol. The number of fused-ring (bicyclic) bond motifs is 1. The molecule has 0 spiro atoms. The predicted molar refractivity (Wildman–Crippen MR) is 91.2 cm³/mol. The predicted octanol–water partition coefficient (Wildman–Crippen LogP) is 4.86. The highest BCUT2D eigenvalue weighted by Gasteiger charge is 2.09. The summed E-state index contributed by atoms with van der Waals surface area (Å²) < 4.78 is 0. The maximum atomic E-state index is 6.11. The fourth-order valence-corrected chi connectivity index (χ4v) is 3.56. The molecule has 0 fully saturated rings. The van der Waals surface area contributed by atoms with Crippen LogP contribution in [0.5, 0.6) is 0 Å². The van der Waals surface area contributed by atoms with Crippen LogP contribution < -0.4 is 5.73 Å². The van der Waals surface area contributed by atoms with E-state index in [-0.39, 0.29) is 6.04 Å². The molecule has 1 unspecified atom stereocenters. The number of nitrogens with one attached hydrogen (secondary N) is 1. The average molecular weight is 317 g/mol. The summed E-state index contributed by atoms with van der Waals surface area (Å²) in [6, 6.07) is 16.6. The van der Waals surface area contributed by atoms with Crippen molar-refractivity contribution in [3.63, 3.8) is 0 Å². The van der Waals surface area contributed by atoms with Gasteiger partial charge in [-0.3, -0.25) is 0 Å². The minimum absolute atomic E-state index is 0.116. The van der Waals surface area contributed by atoms with Crippen LogP contribution in [0.3, 0.4) is 0 Å². The maximum Gasteiger partial charge on any atom is 0.0780 e. The fourth-order valence-electron chi connectivity index (χ4n) is 2.37. The summed E-state index contributed by atoms with van der Waals surface area (Å²) in [5.41, 5.74) is 8.29. The van der Waals surface area contributed by atoms with Crippen LogP contribution in [0.25, 0.3) is 10.9 Å². The number of hydrogen-bond donors (Lipinski definition) is 2. The molecule has 0 bridgehead atoms. The Kier molecular flexibility index (Phi) is 4.24. The SMILES string of the molecule is CC(N)Cc1cc(Cl)ccc1Sc1cc2ccccc2[nH]1. The van der Waals surface area contributed by atoms with Crippen molar-refractivity contribution in [2.45, 2.75) is 29.3 Å². The molecular formula is C17H17ClN2S. The number of nitrogens with two attached hydrogens (primary N) is 1. The number of benzene rings is 2. The van der Waals surface area contributed by atoms with E-state index in [4.69, 9.17) is 17.3 Å². The minimum atomic E-state index is 0.116. The molecule has 0 aliphatic carbocycles. The van der Waals surface area contributed by atoms with Gasteiger partial charge in [0.25, 0.3) is 0 Å². The molecule has 108 valence electrons. The van der Waals surface area contributed by atoms with Gasteiger partial charge < -0.3 is 10.7 Å². The first-order valence-electron chi connectivity index (χ1n) is 6.91. The van der Waals surface area contributed by atoms with E-state index < -0.39 is 0 Å². The minimum Gasteiger partial charge on any atom is -0.349 e. The average Bonchev–Trinajstić information content (AvgIpc) is 2.83. The number of para-hydroxylation sites is 1. The number of hydrogen-bond acceptors (Lipinski definition) is 2. The van der Waals surface area contributed by atoms with Crippen molar-refractivity contribution in [2.75, 3.05) is 0 Å². The topological polar surface area (TPSA) is 41.8 Å². The van der Waals surface area contributed by atoms with Gasteiger partial charge in [-0.25, -0.2) is 0 Å². The van der Waals surface area contributed by atoms with Crippen LogP contribution >= 0.6 is 23.4 Å². The normalized spacial score (nSPS) is 12.7. The van der Waals surface area contributed by atoms with Gasteiger partial charge in [0.15, 0.2) is 0 Å². The second-order valence-corrected chi connectivity index (χ2v) is 6.78. The summed E-state index contributed by atoms with van der Waals surface area (Å²) in [5, 5.41) is 3.11. The summed E-state index contributed by atoms with van der Waals surface area (Å²) in [6.45, 7) is 2.01. The molecule has 3 rings (SSSR count). The summed E-state index contributed by atoms with van der Waals surface area (Å²) in [4.78, 5) is 4.64. The third kappa shape index (κ3) is 3.43. The second kappa shape index (κ2) is 6.14. The number of H-pyrrole nitrogens is 1. The fraction of sp³-hybridized carbons (Fsp3) is 0.176. The third-order valence-electron chi connectivity index (χ3n) is 3.29. The maximum absolute atomic E-state index is 6.11. The van der Waals surface area contributed by atoms with Gasteiger partial charge in [-0.1, -0.05) is 41.6 Å². The lowest BCUT2D eigenvalue weighted by Gasteiger charge is -2.11. The van der Waals surface area contributed by atoms with Gasteiger partial charge in [-0.05, 0) is 49.2 Å². The standard InChI is InChI=1S/C17H17ClN2S/c1-11(19)8-13-9-14(18)6-7-16(13)21-17-10-12-4-2-3-5-15(12)20-17/h2-7,9-11,20H,8,19H2,1H3. The van der Waals surface area contributed by atoms with Gasteiger partial charge in [0, 0.05) is 26.9 Å². The number of rotatable bonds is 4. The summed E-state index contributed by atoms with van der Waals surface area (Å²) >= 11 is 7.83. The molecule has 3 N–H and O–H groups in total. The molecule has 0 aliphatic rings. The molecule has 2 nitrogen and oxygen atoms in total. The third-order valence-corrected chi connectivity index (χ3v) is 4.58. The van der Waals surface area contributed by atoms with Gasteiger partial charge >= 0.3 is 0 Å². The smallest absolute Gasteiger partial charge is 0.0780 e. The highest BCUT2D eigenvalue weighted by molar-refractivity contribution is 7.99. The summed E-state index contributed by atoms with van der Waals surface area (Å²) in [5.74, 6) is 0. The first-order chi connectivity index (χ1) is 10.1. The zero-order chi connectivity index (χ0) is 14.8. The van der Waals surface area contributed by atoms with Crippen LogP contribution in [0.2, 0.25) is 5.02 Å². The van der Waals surface area contributed by atoms with E-state index in [2.05, 4.69) is 35.3 Å². The van der Waals surface area contributed by atoms with Gasteiger partial charge in [-0.2, -0.15) is 0 Å². The number of halogens is 1. The second-order valence-electron chi connectivity index (χ2n) is 5.26. The largest absolute Gasteiger partial charge is 0.349 e. The quantitative estimate of drug-likeness (QED) is 0.721. The van der Waals surface area contributed by atoms with Crippen molar-refractivity contribution in [3.8, 4) is 0 Å². The molecule has 1 aromatic heterocycles. The van der Waals surface area contributed by atoms with E-state index in [0.29, 0.717) is 0 Å². The number of aromatic amines is 1. The molecule has 0 aliphatic heterocycles. The van der Waals surface area contributed by atoms with Crippen LogP contribution in [0.1, 0.15) is 12.5 Å². The Balaban J connectivity index is 1.93. The zero-order valence-corrected chi connectivity index (χ0v) is 13.3. The monoisotopic (exact) mass is 316 g/mol. The molecule has 0 saturated heterocycles. The van der Waals surface area contributed by atoms with Gasteiger partial charge in [0.05, 0.1) is 5.03 Å². The van der Waals surface area contributed by atoms with Crippen LogP contribution in [0.4, 0.5) is 0 Å². The van der Waals surface area contributed by atoms with E-state index >= 15 is 0 Å². The van der Waals surface area contributed by atoms with Gasteiger partial charge in [0.2, 0.25) is 0 Å². The van der Waals surface area contributed by atoms with E-state index in [0.717, 1.165) is 22.0 Å². The Morgan fingerprint density at radius 3 is 2.76 bits per heavy atom. The molecule has 1 atom stereocenters. The molecule has 1 heterocycles. The van der Waals surface area contributed by atoms with Crippen molar-refractivity contribution < 1.29 is 0 Å². The van der Waals surface area contributed by atoms with Crippen molar-refractivity contribution in [1.29, 1.82) is 0 Å². The Hall–Kier alpha value is -1.42. The van der Waals surface area contributed by atoms with Crippen LogP contribution in [-0.2, 0) is 6.42 Å². The molecule has 3 aromatic rings. The summed E-state index contributed by atoms with van der Waals surface area (Å²) in [6.07, 6.45) is 0.823. The highest BCUT2D eigenvalue weighted by Crippen LogP contribution is 2.33. The number of aromatic nitrogens is 1. The first kappa shape index (κ1) is 14.5. The van der Waals surface area contributed by atoms with Crippen molar-refractivity contribution in [2.24, 2.45) is 5.73 Å². The Bertz CT molecular complexity index is 731. The van der Waals surface area contributed by atoms with E-state index in [1.807, 2.05) is 25.1 Å². The van der Waals surface area contributed by atoms with Crippen molar-refractivity contribution >= 4 is 34.3 Å². The van der Waals surface area contributed by atoms with Gasteiger partial charge in [0.1, 0.15) is 0 Å². The molecule has 0 saturated carbocycles. The van der Waals surface area contributed by atoms with Crippen LogP contribution in [0, 0.1) is 0 Å². The van der Waals surface area contributed by atoms with E-state index in [9.17, 15) is 0 Å². The van der Waals surface area contributed by atoms with Crippen molar-refractivity contribution in [3.05, 3.63) is 59.1 Å². The molecule has 21 heavy (non-hydrogen) atoms. The lowest BCUT2D eigenvalue weighted by Crippen LogP contribution is -2.18. The van der Waals surface area contributed by atoms with E-state index in [1.54, 1.807) is 11.8 Å². The lowest BCUT2D eigenvalue weighted by molar-refractivity contribution is 0.729. The Morgan fingerprint density at radius 2 is 2.00 bits per heavy atom. The highest BCUT2D eigenvalue weighted by atomic mass is 35.5. The van der Waals surface area contributed by atoms with Crippen molar-refractivity contribution in [1.82, 2.24) is 4.98 Å². The molecule has 0 amide bonds.